The molecule has 21 heavy (non-hydrogen) atoms. The van der Waals surface area contributed by atoms with Crippen LogP contribution in [-0.4, -0.2) is 15.5 Å². The van der Waals surface area contributed by atoms with Gasteiger partial charge in [0.2, 0.25) is 5.91 Å². The Bertz CT molecular complexity index is 845. The molecule has 5 heteroatoms. The van der Waals surface area contributed by atoms with Gasteiger partial charge in [-0.15, -0.1) is 0 Å². The third kappa shape index (κ3) is 2.74. The first-order chi connectivity index (χ1) is 10.3. The highest BCUT2D eigenvalue weighted by Crippen LogP contribution is 2.13. The molecule has 1 aromatic heterocycles. The number of aromatic nitrogens is 2. The van der Waals surface area contributed by atoms with E-state index >= 15 is 0 Å². The minimum Gasteiger partial charge on any atom is -0.324 e. The summed E-state index contributed by atoms with van der Waals surface area (Å²) in [5.74, 6) is -0.159. The zero-order chi connectivity index (χ0) is 14.7. The maximum atomic E-state index is 12.1. The molecule has 5 nitrogen and oxygen atoms in total. The van der Waals surface area contributed by atoms with Crippen LogP contribution in [0.3, 0.4) is 0 Å². The summed E-state index contributed by atoms with van der Waals surface area (Å²) >= 11 is 0. The van der Waals surface area contributed by atoms with Gasteiger partial charge in [-0.1, -0.05) is 18.2 Å². The van der Waals surface area contributed by atoms with Crippen molar-refractivity contribution in [2.24, 2.45) is 0 Å². The van der Waals surface area contributed by atoms with Crippen molar-refractivity contribution < 1.29 is 4.79 Å². The summed E-state index contributed by atoms with van der Waals surface area (Å²) in [6.07, 6.45) is 1.65. The van der Waals surface area contributed by atoms with Crippen LogP contribution in [0.15, 0.2) is 54.9 Å². The summed E-state index contributed by atoms with van der Waals surface area (Å²) < 4.78 is 1.79. The first-order valence-electron chi connectivity index (χ1n) is 6.46. The molecule has 1 N–H and O–H groups in total. The number of nitriles is 1. The molecule has 0 aliphatic rings. The average molecular weight is 276 g/mol. The predicted octanol–water partition coefficient (Wildman–Crippen LogP) is 2.55. The number of amides is 1. The Labute approximate surface area is 121 Å². The molecule has 0 spiro atoms. The van der Waals surface area contributed by atoms with Crippen molar-refractivity contribution in [3.05, 3.63) is 60.4 Å². The van der Waals surface area contributed by atoms with E-state index in [4.69, 9.17) is 5.26 Å². The lowest BCUT2D eigenvalue weighted by atomic mass is 10.2. The van der Waals surface area contributed by atoms with Crippen LogP contribution in [0.25, 0.3) is 11.0 Å². The van der Waals surface area contributed by atoms with Gasteiger partial charge < -0.3 is 9.88 Å². The lowest BCUT2D eigenvalue weighted by Gasteiger charge is -2.07. The fraction of sp³-hybridized carbons (Fsp3) is 0.0625. The lowest BCUT2D eigenvalue weighted by molar-refractivity contribution is -0.116. The highest BCUT2D eigenvalue weighted by atomic mass is 16.1. The van der Waals surface area contributed by atoms with Crippen LogP contribution in [0, 0.1) is 11.3 Å². The fourth-order valence-electron chi connectivity index (χ4n) is 2.16. The zero-order valence-corrected chi connectivity index (χ0v) is 11.2. The largest absolute Gasteiger partial charge is 0.324 e. The zero-order valence-electron chi connectivity index (χ0n) is 11.2. The van der Waals surface area contributed by atoms with E-state index in [2.05, 4.69) is 10.3 Å². The van der Waals surface area contributed by atoms with Crippen LogP contribution >= 0.6 is 0 Å². The smallest absolute Gasteiger partial charge is 0.244 e. The molecule has 1 heterocycles. The van der Waals surface area contributed by atoms with Crippen molar-refractivity contribution in [3.8, 4) is 6.07 Å². The Morgan fingerprint density at radius 1 is 1.24 bits per heavy atom. The van der Waals surface area contributed by atoms with E-state index in [0.29, 0.717) is 11.3 Å². The molecule has 0 aliphatic heterocycles. The molecule has 0 saturated carbocycles. The number of imidazole rings is 1. The van der Waals surface area contributed by atoms with Gasteiger partial charge in [-0.05, 0) is 30.3 Å². The first kappa shape index (κ1) is 12.9. The number of benzene rings is 2. The Morgan fingerprint density at radius 2 is 2.10 bits per heavy atom. The van der Waals surface area contributed by atoms with Crippen LogP contribution in [-0.2, 0) is 11.3 Å². The van der Waals surface area contributed by atoms with Gasteiger partial charge in [-0.2, -0.15) is 5.26 Å². The number of hydrogen-bond acceptors (Lipinski definition) is 3. The van der Waals surface area contributed by atoms with Crippen molar-refractivity contribution in [3.63, 3.8) is 0 Å². The van der Waals surface area contributed by atoms with E-state index in [-0.39, 0.29) is 12.5 Å². The van der Waals surface area contributed by atoms with Crippen LogP contribution in [0.1, 0.15) is 5.56 Å². The minimum absolute atomic E-state index is 0.159. The Kier molecular flexibility index (Phi) is 3.36. The molecular weight excluding hydrogens is 264 g/mol. The standard InChI is InChI=1S/C16H12N4O/c17-9-12-4-3-5-13(8-12)19-16(21)10-20-11-18-14-6-1-2-7-15(14)20/h1-8,11H,10H2,(H,19,21). The molecular formula is C16H12N4O. The van der Waals surface area contributed by atoms with E-state index in [1.807, 2.05) is 30.3 Å². The first-order valence-corrected chi connectivity index (χ1v) is 6.46. The highest BCUT2D eigenvalue weighted by molar-refractivity contribution is 5.91. The Hall–Kier alpha value is -3.13. The molecule has 1 amide bonds. The van der Waals surface area contributed by atoms with E-state index in [9.17, 15) is 4.79 Å². The van der Waals surface area contributed by atoms with Gasteiger partial charge in [0, 0.05) is 5.69 Å². The highest BCUT2D eigenvalue weighted by Gasteiger charge is 2.07. The lowest BCUT2D eigenvalue weighted by Crippen LogP contribution is -2.18. The molecule has 3 aromatic rings. The summed E-state index contributed by atoms with van der Waals surface area (Å²) in [6.45, 7) is 0.178. The predicted molar refractivity (Wildman–Crippen MR) is 79.5 cm³/mol. The third-order valence-corrected chi connectivity index (χ3v) is 3.12. The summed E-state index contributed by atoms with van der Waals surface area (Å²) in [6, 6.07) is 16.5. The molecule has 0 bridgehead atoms. The summed E-state index contributed by atoms with van der Waals surface area (Å²) in [4.78, 5) is 16.3. The fourth-order valence-corrected chi connectivity index (χ4v) is 2.16. The molecule has 0 atom stereocenters. The molecule has 2 aromatic carbocycles. The van der Waals surface area contributed by atoms with E-state index in [1.165, 1.54) is 0 Å². The second-order valence-corrected chi connectivity index (χ2v) is 4.60. The number of fused-ring (bicyclic) bond motifs is 1. The third-order valence-electron chi connectivity index (χ3n) is 3.12. The second kappa shape index (κ2) is 5.47. The SMILES string of the molecule is N#Cc1cccc(NC(=O)Cn2cnc3ccccc32)c1. The van der Waals surface area contributed by atoms with Crippen molar-refractivity contribution in [2.75, 3.05) is 5.32 Å². The van der Waals surface area contributed by atoms with Gasteiger partial charge in [0.15, 0.2) is 0 Å². The number of carbonyl (C=O) groups excluding carboxylic acids is 1. The molecule has 0 unspecified atom stereocenters. The number of nitrogens with zero attached hydrogens (tertiary/aromatic N) is 3. The molecule has 0 aliphatic carbocycles. The normalized spacial score (nSPS) is 10.2. The number of carbonyl (C=O) groups is 1. The Balaban J connectivity index is 1.76. The summed E-state index contributed by atoms with van der Waals surface area (Å²) in [7, 11) is 0. The number of hydrogen-bond donors (Lipinski definition) is 1. The average Bonchev–Trinajstić information content (AvgIpc) is 2.91. The van der Waals surface area contributed by atoms with Gasteiger partial charge in [0.1, 0.15) is 6.54 Å². The maximum Gasteiger partial charge on any atom is 0.244 e. The number of anilines is 1. The molecule has 0 saturated heterocycles. The topological polar surface area (TPSA) is 70.7 Å². The van der Waals surface area contributed by atoms with Crippen molar-refractivity contribution >= 4 is 22.6 Å². The van der Waals surface area contributed by atoms with E-state index in [0.717, 1.165) is 11.0 Å². The summed E-state index contributed by atoms with van der Waals surface area (Å²) in [5, 5.41) is 11.6. The van der Waals surface area contributed by atoms with Crippen LogP contribution < -0.4 is 5.32 Å². The maximum absolute atomic E-state index is 12.1. The molecule has 3 rings (SSSR count). The molecule has 0 fully saturated rings. The number of nitrogens with one attached hydrogen (secondary N) is 1. The van der Waals surface area contributed by atoms with Crippen LogP contribution in [0.5, 0.6) is 0 Å². The van der Waals surface area contributed by atoms with Gasteiger partial charge >= 0.3 is 0 Å². The van der Waals surface area contributed by atoms with Crippen LogP contribution in [0.2, 0.25) is 0 Å². The molecule has 0 radical (unpaired) electrons. The number of rotatable bonds is 3. The quantitative estimate of drug-likeness (QED) is 0.799. The van der Waals surface area contributed by atoms with Gasteiger partial charge in [-0.25, -0.2) is 4.98 Å². The van der Waals surface area contributed by atoms with Crippen LogP contribution in [0.4, 0.5) is 5.69 Å². The van der Waals surface area contributed by atoms with Gasteiger partial charge in [0.25, 0.3) is 0 Å². The van der Waals surface area contributed by atoms with E-state index < -0.39 is 0 Å². The van der Waals surface area contributed by atoms with Crippen molar-refractivity contribution in [1.29, 1.82) is 5.26 Å². The Morgan fingerprint density at radius 3 is 2.95 bits per heavy atom. The molecule has 102 valence electrons. The summed E-state index contributed by atoms with van der Waals surface area (Å²) in [5.41, 5.74) is 2.90. The van der Waals surface area contributed by atoms with Crippen molar-refractivity contribution in [1.82, 2.24) is 9.55 Å². The van der Waals surface area contributed by atoms with Gasteiger partial charge in [0.05, 0.1) is 29.0 Å². The number of para-hydroxylation sites is 2. The minimum atomic E-state index is -0.159. The second-order valence-electron chi connectivity index (χ2n) is 4.60. The van der Waals surface area contributed by atoms with Crippen molar-refractivity contribution in [2.45, 2.75) is 6.54 Å². The monoisotopic (exact) mass is 276 g/mol. The van der Waals surface area contributed by atoms with E-state index in [1.54, 1.807) is 35.2 Å². The van der Waals surface area contributed by atoms with Gasteiger partial charge in [-0.3, -0.25) is 4.79 Å².